The van der Waals surface area contributed by atoms with Gasteiger partial charge in [-0.2, -0.15) is 0 Å². The molecule has 0 saturated carbocycles. The molecule has 0 bridgehead atoms. The Hall–Kier alpha value is -2.39. The number of ether oxygens (including phenoxy) is 1. The first-order valence-corrected chi connectivity index (χ1v) is 7.18. The third-order valence-electron chi connectivity index (χ3n) is 4.07. The van der Waals surface area contributed by atoms with Crippen LogP contribution in [0, 0.1) is 0 Å². The summed E-state index contributed by atoms with van der Waals surface area (Å²) >= 11 is 0. The number of fused-ring (bicyclic) bond motifs is 2. The molecule has 0 spiro atoms. The Kier molecular flexibility index (Phi) is 2.86. The van der Waals surface area contributed by atoms with E-state index in [1.54, 1.807) is 0 Å². The fraction of sp³-hybridized carbons (Fsp3) is 0.167. The van der Waals surface area contributed by atoms with Gasteiger partial charge < -0.3 is 10.5 Å². The Balaban J connectivity index is 1.81. The molecular formula is C18H16N2O. The minimum atomic E-state index is -0.0477. The van der Waals surface area contributed by atoms with Gasteiger partial charge in [0.25, 0.3) is 0 Å². The number of aromatic nitrogens is 1. The lowest BCUT2D eigenvalue weighted by Gasteiger charge is -2.30. The molecule has 1 aliphatic rings. The molecule has 3 heteroatoms. The lowest BCUT2D eigenvalue weighted by atomic mass is 9.92. The van der Waals surface area contributed by atoms with Gasteiger partial charge in [-0.05, 0) is 12.1 Å². The Morgan fingerprint density at radius 3 is 2.71 bits per heavy atom. The molecule has 2 heterocycles. The van der Waals surface area contributed by atoms with E-state index in [9.17, 15) is 0 Å². The summed E-state index contributed by atoms with van der Waals surface area (Å²) in [7, 11) is 0. The van der Waals surface area contributed by atoms with E-state index in [0.717, 1.165) is 34.2 Å². The lowest BCUT2D eigenvalue weighted by Crippen LogP contribution is -2.24. The molecule has 21 heavy (non-hydrogen) atoms. The Bertz CT molecular complexity index is 795. The summed E-state index contributed by atoms with van der Waals surface area (Å²) in [5, 5.41) is 1.13. The monoisotopic (exact) mass is 276 g/mol. The summed E-state index contributed by atoms with van der Waals surface area (Å²) < 4.78 is 6.18. The van der Waals surface area contributed by atoms with Crippen LogP contribution in [-0.4, -0.2) is 4.98 Å². The molecule has 3 nitrogen and oxygen atoms in total. The fourth-order valence-corrected chi connectivity index (χ4v) is 3.03. The van der Waals surface area contributed by atoms with Crippen LogP contribution in [0.15, 0.2) is 60.8 Å². The lowest BCUT2D eigenvalue weighted by molar-refractivity contribution is 0.163. The van der Waals surface area contributed by atoms with Crippen molar-refractivity contribution >= 4 is 10.9 Å². The molecule has 0 radical (unpaired) electrons. The van der Waals surface area contributed by atoms with Crippen molar-refractivity contribution in [3.63, 3.8) is 0 Å². The van der Waals surface area contributed by atoms with E-state index in [-0.39, 0.29) is 12.1 Å². The van der Waals surface area contributed by atoms with Gasteiger partial charge in [-0.15, -0.1) is 0 Å². The van der Waals surface area contributed by atoms with Gasteiger partial charge >= 0.3 is 0 Å². The third-order valence-corrected chi connectivity index (χ3v) is 4.07. The summed E-state index contributed by atoms with van der Waals surface area (Å²) in [6.07, 6.45) is 2.54. The molecule has 1 aromatic heterocycles. The second kappa shape index (κ2) is 4.86. The van der Waals surface area contributed by atoms with E-state index >= 15 is 0 Å². The van der Waals surface area contributed by atoms with Crippen LogP contribution in [0.1, 0.15) is 29.7 Å². The van der Waals surface area contributed by atoms with E-state index < -0.39 is 0 Å². The van der Waals surface area contributed by atoms with Crippen LogP contribution in [-0.2, 0) is 0 Å². The number of hydrogen-bond acceptors (Lipinski definition) is 3. The molecule has 104 valence electrons. The van der Waals surface area contributed by atoms with E-state index in [2.05, 4.69) is 29.2 Å². The number of nitrogens with zero attached hydrogens (tertiary/aromatic N) is 1. The van der Waals surface area contributed by atoms with Crippen LogP contribution in [0.5, 0.6) is 5.75 Å². The van der Waals surface area contributed by atoms with Crippen LogP contribution in [0.25, 0.3) is 10.9 Å². The molecule has 3 aromatic rings. The molecule has 1 unspecified atom stereocenters. The van der Waals surface area contributed by atoms with Crippen molar-refractivity contribution in [2.45, 2.75) is 18.6 Å². The molecule has 2 aromatic carbocycles. The minimum absolute atomic E-state index is 0.00100. The van der Waals surface area contributed by atoms with Gasteiger partial charge in [0.2, 0.25) is 0 Å². The topological polar surface area (TPSA) is 48.1 Å². The number of para-hydroxylation sites is 2. The number of benzene rings is 2. The highest BCUT2D eigenvalue weighted by Gasteiger charge is 2.27. The smallest absolute Gasteiger partial charge is 0.128 e. The van der Waals surface area contributed by atoms with Crippen molar-refractivity contribution < 1.29 is 4.74 Å². The number of pyridine rings is 1. The summed E-state index contributed by atoms with van der Waals surface area (Å²) in [6.45, 7) is 0. The molecule has 0 fully saturated rings. The van der Waals surface area contributed by atoms with E-state index in [1.807, 2.05) is 36.5 Å². The molecular weight excluding hydrogens is 260 g/mol. The predicted molar refractivity (Wildman–Crippen MR) is 83.1 cm³/mol. The highest BCUT2D eigenvalue weighted by Crippen LogP contribution is 2.40. The van der Waals surface area contributed by atoms with E-state index in [1.165, 1.54) is 0 Å². The maximum Gasteiger partial charge on any atom is 0.128 e. The maximum absolute atomic E-state index is 6.32. The maximum atomic E-state index is 6.32. The average molecular weight is 276 g/mol. The zero-order valence-electron chi connectivity index (χ0n) is 11.6. The second-order valence-electron chi connectivity index (χ2n) is 5.41. The second-order valence-corrected chi connectivity index (χ2v) is 5.41. The SMILES string of the molecule is N[C@@H]1CC(c2cccc3cccnc23)Oc2ccccc21. The number of rotatable bonds is 1. The van der Waals surface area contributed by atoms with Crippen molar-refractivity contribution in [2.75, 3.05) is 0 Å². The van der Waals surface area contributed by atoms with Crippen LogP contribution in [0.3, 0.4) is 0 Å². The van der Waals surface area contributed by atoms with Crippen molar-refractivity contribution in [2.24, 2.45) is 5.73 Å². The quantitative estimate of drug-likeness (QED) is 0.736. The Morgan fingerprint density at radius 1 is 0.952 bits per heavy atom. The molecule has 1 aliphatic heterocycles. The van der Waals surface area contributed by atoms with Crippen LogP contribution < -0.4 is 10.5 Å². The third kappa shape index (κ3) is 2.06. The standard InChI is InChI=1S/C18H16N2O/c19-15-11-17(21-16-9-2-1-7-13(15)16)14-8-3-5-12-6-4-10-20-18(12)14/h1-10,15,17H,11,19H2/t15-,17?/m1/s1. The van der Waals surface area contributed by atoms with E-state index in [4.69, 9.17) is 10.5 Å². The van der Waals surface area contributed by atoms with Crippen molar-refractivity contribution in [3.05, 3.63) is 71.9 Å². The highest BCUT2D eigenvalue weighted by atomic mass is 16.5. The van der Waals surface area contributed by atoms with Gasteiger partial charge in [0.1, 0.15) is 11.9 Å². The Morgan fingerprint density at radius 2 is 1.76 bits per heavy atom. The van der Waals surface area contributed by atoms with Crippen molar-refractivity contribution in [1.82, 2.24) is 4.98 Å². The van der Waals surface area contributed by atoms with Gasteiger partial charge in [-0.3, -0.25) is 4.98 Å². The summed E-state index contributed by atoms with van der Waals surface area (Å²) in [5.74, 6) is 0.884. The molecule has 2 atom stereocenters. The first kappa shape index (κ1) is 12.4. The molecule has 0 saturated heterocycles. The molecule has 0 aliphatic carbocycles. The van der Waals surface area contributed by atoms with Crippen LogP contribution >= 0.6 is 0 Å². The zero-order valence-corrected chi connectivity index (χ0v) is 11.6. The zero-order chi connectivity index (χ0) is 14.2. The van der Waals surface area contributed by atoms with E-state index in [0.29, 0.717) is 0 Å². The van der Waals surface area contributed by atoms with Crippen LogP contribution in [0.4, 0.5) is 0 Å². The van der Waals surface area contributed by atoms with Crippen molar-refractivity contribution in [1.29, 1.82) is 0 Å². The summed E-state index contributed by atoms with van der Waals surface area (Å²) in [4.78, 5) is 4.52. The highest BCUT2D eigenvalue weighted by molar-refractivity contribution is 5.82. The summed E-state index contributed by atoms with van der Waals surface area (Å²) in [5.41, 5.74) is 9.51. The van der Waals surface area contributed by atoms with Gasteiger partial charge in [0.05, 0.1) is 5.52 Å². The minimum Gasteiger partial charge on any atom is -0.485 e. The Labute approximate surface area is 123 Å². The molecule has 0 amide bonds. The average Bonchev–Trinajstić information content (AvgIpc) is 2.54. The van der Waals surface area contributed by atoms with Gasteiger partial charge in [0.15, 0.2) is 0 Å². The number of nitrogens with two attached hydrogens (primary N) is 1. The van der Waals surface area contributed by atoms with Gasteiger partial charge in [0, 0.05) is 35.2 Å². The normalized spacial score (nSPS) is 20.8. The largest absolute Gasteiger partial charge is 0.485 e. The fourth-order valence-electron chi connectivity index (χ4n) is 3.03. The van der Waals surface area contributed by atoms with Gasteiger partial charge in [-0.1, -0.05) is 42.5 Å². The molecule has 4 rings (SSSR count). The predicted octanol–water partition coefficient (Wildman–Crippen LogP) is 3.76. The van der Waals surface area contributed by atoms with Crippen molar-refractivity contribution in [3.8, 4) is 5.75 Å². The van der Waals surface area contributed by atoms with Gasteiger partial charge in [-0.25, -0.2) is 0 Å². The first-order chi connectivity index (χ1) is 10.3. The molecule has 2 N–H and O–H groups in total. The van der Waals surface area contributed by atoms with Crippen LogP contribution in [0.2, 0.25) is 0 Å². The number of hydrogen-bond donors (Lipinski definition) is 1. The first-order valence-electron chi connectivity index (χ1n) is 7.18. The summed E-state index contributed by atoms with van der Waals surface area (Å²) in [6, 6.07) is 18.2.